The van der Waals surface area contributed by atoms with Crippen molar-refractivity contribution < 1.29 is 9.22 Å². The molecular weight excluding hydrogens is 218 g/mol. The molecule has 88 valence electrons. The molecule has 0 spiro atoms. The van der Waals surface area contributed by atoms with Crippen LogP contribution in [0.25, 0.3) is 0 Å². The van der Waals surface area contributed by atoms with Gasteiger partial charge in [-0.15, -0.1) is 0 Å². The predicted molar refractivity (Wildman–Crippen MR) is 69.5 cm³/mol. The lowest BCUT2D eigenvalue weighted by atomic mass is 10.3. The highest BCUT2D eigenvalue weighted by Gasteiger charge is 2.05. The van der Waals surface area contributed by atoms with E-state index in [0.717, 1.165) is 11.4 Å². The topological polar surface area (TPSA) is 38.3 Å². The summed E-state index contributed by atoms with van der Waals surface area (Å²) >= 11 is 0. The number of nitrogens with one attached hydrogen (secondary N) is 1. The van der Waals surface area contributed by atoms with E-state index in [1.54, 1.807) is 0 Å². The number of rotatable bonds is 7. The van der Waals surface area contributed by atoms with Crippen molar-refractivity contribution in [3.8, 4) is 5.75 Å². The predicted octanol–water partition coefficient (Wildman–Crippen LogP) is 2.79. The van der Waals surface area contributed by atoms with Crippen LogP contribution < -0.4 is 9.74 Å². The van der Waals surface area contributed by atoms with Gasteiger partial charge in [-0.3, -0.25) is 4.79 Å². The van der Waals surface area contributed by atoms with Crippen LogP contribution >= 0.6 is 0 Å². The quantitative estimate of drug-likeness (QED) is 0.585. The van der Waals surface area contributed by atoms with E-state index in [1.807, 2.05) is 24.3 Å². The molecule has 0 bridgehead atoms. The molecule has 0 heterocycles. The number of hydrogen-bond acceptors (Lipinski definition) is 2. The Morgan fingerprint density at radius 1 is 1.38 bits per heavy atom. The highest BCUT2D eigenvalue weighted by molar-refractivity contribution is 6.51. The zero-order valence-corrected chi connectivity index (χ0v) is 11.1. The van der Waals surface area contributed by atoms with Gasteiger partial charge in [0.25, 0.3) is 0 Å². The molecule has 0 saturated heterocycles. The van der Waals surface area contributed by atoms with Gasteiger partial charge >= 0.3 is 0 Å². The minimum absolute atomic E-state index is 0.675. The third-order valence-corrected chi connectivity index (χ3v) is 4.28. The van der Waals surface area contributed by atoms with E-state index >= 15 is 0 Å². The van der Waals surface area contributed by atoms with E-state index in [-0.39, 0.29) is 0 Å². The average Bonchev–Trinajstić information content (AvgIpc) is 2.29. The van der Waals surface area contributed by atoms with Gasteiger partial charge in [0.05, 0.1) is 0 Å². The van der Waals surface area contributed by atoms with Gasteiger partial charge in [0, 0.05) is 5.69 Å². The van der Waals surface area contributed by atoms with Gasteiger partial charge in [-0.05, 0) is 36.9 Å². The summed E-state index contributed by atoms with van der Waals surface area (Å²) in [7, 11) is -1.07. The summed E-state index contributed by atoms with van der Waals surface area (Å²) in [5.41, 5.74) is 0.797. The summed E-state index contributed by atoms with van der Waals surface area (Å²) in [6, 6.07) is 8.72. The summed E-state index contributed by atoms with van der Waals surface area (Å²) in [5.74, 6) is 0.909. The molecule has 0 saturated carbocycles. The van der Waals surface area contributed by atoms with Gasteiger partial charge in [0.1, 0.15) is 5.75 Å². The lowest BCUT2D eigenvalue weighted by Gasteiger charge is -2.13. The molecule has 0 aliphatic rings. The Labute approximate surface area is 98.5 Å². The van der Waals surface area contributed by atoms with Crippen LogP contribution in [-0.4, -0.2) is 15.5 Å². The average molecular weight is 237 g/mol. The van der Waals surface area contributed by atoms with Crippen LogP contribution in [-0.2, 0) is 4.79 Å². The van der Waals surface area contributed by atoms with Crippen LogP contribution in [0.15, 0.2) is 24.3 Å². The van der Waals surface area contributed by atoms with Gasteiger partial charge in [0.15, 0.2) is 0 Å². The molecule has 1 rings (SSSR count). The van der Waals surface area contributed by atoms with Crippen molar-refractivity contribution in [1.82, 2.24) is 0 Å². The number of unbranched alkanes of at least 4 members (excludes halogenated alkanes) is 1. The second kappa shape index (κ2) is 7.06. The smallest absolute Gasteiger partial charge is 0.232 e. The molecule has 1 unspecified atom stereocenters. The standard InChI is InChI=1S/C12H19NO2Si/c1-3-4-9-16(2)15-12-7-5-11(6-8-12)13-10-14/h5-8,10,16H,3-4,9H2,1-2H3,(H,13,14). The lowest BCUT2D eigenvalue weighted by Crippen LogP contribution is -2.16. The summed E-state index contributed by atoms with van der Waals surface area (Å²) in [6.45, 7) is 4.41. The van der Waals surface area contributed by atoms with E-state index in [0.29, 0.717) is 6.41 Å². The van der Waals surface area contributed by atoms with E-state index in [2.05, 4.69) is 18.8 Å². The first-order chi connectivity index (χ1) is 7.76. The van der Waals surface area contributed by atoms with Crippen LogP contribution in [0.4, 0.5) is 5.69 Å². The number of hydrogen-bond donors (Lipinski definition) is 1. The van der Waals surface area contributed by atoms with E-state index in [4.69, 9.17) is 4.43 Å². The van der Waals surface area contributed by atoms with Crippen molar-refractivity contribution in [2.75, 3.05) is 5.32 Å². The fraction of sp³-hybridized carbons (Fsp3) is 0.417. The number of amides is 1. The molecule has 0 aliphatic heterocycles. The van der Waals surface area contributed by atoms with Gasteiger partial charge in [-0.1, -0.05) is 19.8 Å². The van der Waals surface area contributed by atoms with Gasteiger partial charge in [0.2, 0.25) is 15.5 Å². The van der Waals surface area contributed by atoms with Crippen molar-refractivity contribution in [3.63, 3.8) is 0 Å². The number of carbonyl (C=O) groups is 1. The Kier molecular flexibility index (Phi) is 5.64. The molecule has 0 fully saturated rings. The van der Waals surface area contributed by atoms with Crippen molar-refractivity contribution in [2.45, 2.75) is 32.4 Å². The van der Waals surface area contributed by atoms with Crippen molar-refractivity contribution >= 4 is 21.1 Å². The number of anilines is 1. The second-order valence-corrected chi connectivity index (χ2v) is 6.29. The first kappa shape index (κ1) is 12.8. The Hall–Kier alpha value is -1.29. The molecule has 1 aromatic rings. The summed E-state index contributed by atoms with van der Waals surface area (Å²) in [5, 5.41) is 2.60. The highest BCUT2D eigenvalue weighted by atomic mass is 28.3. The molecule has 1 atom stereocenters. The Morgan fingerprint density at radius 3 is 2.62 bits per heavy atom. The maximum atomic E-state index is 10.2. The SMILES string of the molecule is CCCC[SiH](C)Oc1ccc(NC=O)cc1. The first-order valence-corrected chi connectivity index (χ1v) is 8.17. The van der Waals surface area contributed by atoms with Gasteiger partial charge < -0.3 is 9.74 Å². The second-order valence-electron chi connectivity index (χ2n) is 3.86. The van der Waals surface area contributed by atoms with E-state index in [1.165, 1.54) is 18.9 Å². The fourth-order valence-corrected chi connectivity index (χ4v) is 3.20. The molecule has 0 aliphatic carbocycles. The monoisotopic (exact) mass is 237 g/mol. The summed E-state index contributed by atoms with van der Waals surface area (Å²) in [4.78, 5) is 10.2. The highest BCUT2D eigenvalue weighted by Crippen LogP contribution is 2.17. The number of benzene rings is 1. The van der Waals surface area contributed by atoms with Gasteiger partial charge in [-0.25, -0.2) is 0 Å². The third kappa shape index (κ3) is 4.48. The molecule has 0 aromatic heterocycles. The molecule has 1 aromatic carbocycles. The molecule has 16 heavy (non-hydrogen) atoms. The zero-order chi connectivity index (χ0) is 11.8. The van der Waals surface area contributed by atoms with E-state index < -0.39 is 9.04 Å². The Morgan fingerprint density at radius 2 is 2.06 bits per heavy atom. The number of carbonyl (C=O) groups excluding carboxylic acids is 1. The first-order valence-electron chi connectivity index (χ1n) is 5.73. The lowest BCUT2D eigenvalue weighted by molar-refractivity contribution is -0.105. The van der Waals surface area contributed by atoms with Crippen molar-refractivity contribution in [1.29, 1.82) is 0 Å². The fourth-order valence-electron chi connectivity index (χ4n) is 1.48. The molecule has 0 radical (unpaired) electrons. The van der Waals surface area contributed by atoms with Crippen molar-refractivity contribution in [3.05, 3.63) is 24.3 Å². The van der Waals surface area contributed by atoms with Crippen LogP contribution in [0, 0.1) is 0 Å². The maximum Gasteiger partial charge on any atom is 0.232 e. The molecule has 1 amide bonds. The largest absolute Gasteiger partial charge is 0.547 e. The van der Waals surface area contributed by atoms with Crippen LogP contribution in [0.2, 0.25) is 12.6 Å². The summed E-state index contributed by atoms with van der Waals surface area (Å²) in [6.07, 6.45) is 3.15. The maximum absolute atomic E-state index is 10.2. The Balaban J connectivity index is 2.44. The van der Waals surface area contributed by atoms with Gasteiger partial charge in [-0.2, -0.15) is 0 Å². The van der Waals surface area contributed by atoms with Crippen LogP contribution in [0.5, 0.6) is 5.75 Å². The van der Waals surface area contributed by atoms with Crippen molar-refractivity contribution in [2.24, 2.45) is 0 Å². The van der Waals surface area contributed by atoms with Crippen LogP contribution in [0.1, 0.15) is 19.8 Å². The third-order valence-electron chi connectivity index (χ3n) is 2.38. The molecular formula is C12H19NO2Si. The molecule has 3 nitrogen and oxygen atoms in total. The summed E-state index contributed by atoms with van der Waals surface area (Å²) < 4.78 is 5.87. The minimum atomic E-state index is -1.07. The normalized spacial score (nSPS) is 11.9. The van der Waals surface area contributed by atoms with Crippen LogP contribution in [0.3, 0.4) is 0 Å². The zero-order valence-electron chi connectivity index (χ0n) is 9.90. The molecule has 4 heteroatoms. The minimum Gasteiger partial charge on any atom is -0.547 e. The molecule has 1 N–H and O–H groups in total. The van der Waals surface area contributed by atoms with E-state index in [9.17, 15) is 4.79 Å². The Bertz CT molecular complexity index is 313.